The van der Waals surface area contributed by atoms with Crippen molar-refractivity contribution in [2.24, 2.45) is 5.41 Å². The van der Waals surface area contributed by atoms with E-state index in [0.29, 0.717) is 18.2 Å². The molecule has 0 aliphatic heterocycles. The van der Waals surface area contributed by atoms with E-state index in [0.717, 1.165) is 26.0 Å². The lowest BCUT2D eigenvalue weighted by Crippen LogP contribution is -2.44. The molecule has 0 unspecified atom stereocenters. The molecule has 1 heterocycles. The first-order chi connectivity index (χ1) is 12.2. The van der Waals surface area contributed by atoms with Crippen LogP contribution in [-0.2, 0) is 21.1 Å². The highest BCUT2D eigenvalue weighted by molar-refractivity contribution is 7.93. The summed E-state index contributed by atoms with van der Waals surface area (Å²) >= 11 is 0. The van der Waals surface area contributed by atoms with Crippen LogP contribution in [0.15, 0.2) is 33.7 Å². The highest BCUT2D eigenvalue weighted by atomic mass is 32.2. The van der Waals surface area contributed by atoms with Crippen molar-refractivity contribution in [1.82, 2.24) is 5.16 Å². The normalized spacial score (nSPS) is 12.9. The second-order valence-electron chi connectivity index (χ2n) is 7.96. The monoisotopic (exact) mass is 400 g/mol. The van der Waals surface area contributed by atoms with Crippen LogP contribution in [0.5, 0.6) is 0 Å². The molecular formula is C18H22F2N2O4S. The van der Waals surface area contributed by atoms with E-state index in [1.54, 1.807) is 0 Å². The SMILES string of the molecule is CC(C)(C)Cc1cc(NC(=O)C(C)(C)S(=O)(=O)c2ccc(F)cc2F)on1. The van der Waals surface area contributed by atoms with Gasteiger partial charge >= 0.3 is 0 Å². The number of hydrogen-bond donors (Lipinski definition) is 1. The van der Waals surface area contributed by atoms with E-state index in [4.69, 9.17) is 4.52 Å². The second-order valence-corrected chi connectivity index (χ2v) is 10.4. The van der Waals surface area contributed by atoms with Gasteiger partial charge in [0.25, 0.3) is 0 Å². The minimum absolute atomic E-state index is 0.0119. The second kappa shape index (κ2) is 7.03. The summed E-state index contributed by atoms with van der Waals surface area (Å²) in [7, 11) is -4.44. The average Bonchev–Trinajstić information content (AvgIpc) is 2.91. The van der Waals surface area contributed by atoms with Crippen molar-refractivity contribution in [1.29, 1.82) is 0 Å². The number of sulfone groups is 1. The zero-order chi connectivity index (χ0) is 20.6. The highest BCUT2D eigenvalue weighted by Crippen LogP contribution is 2.29. The molecule has 0 saturated heterocycles. The van der Waals surface area contributed by atoms with Crippen molar-refractivity contribution < 1.29 is 26.5 Å². The maximum atomic E-state index is 13.9. The minimum Gasteiger partial charge on any atom is -0.338 e. The van der Waals surface area contributed by atoms with Crippen LogP contribution in [0.2, 0.25) is 0 Å². The molecular weight excluding hydrogens is 378 g/mol. The van der Waals surface area contributed by atoms with Crippen LogP contribution in [0, 0.1) is 17.0 Å². The molecule has 148 valence electrons. The van der Waals surface area contributed by atoms with E-state index in [-0.39, 0.29) is 11.3 Å². The number of halogens is 2. The number of rotatable bonds is 5. The maximum Gasteiger partial charge on any atom is 0.248 e. The van der Waals surface area contributed by atoms with Gasteiger partial charge in [0, 0.05) is 12.1 Å². The number of anilines is 1. The summed E-state index contributed by atoms with van der Waals surface area (Å²) in [6.45, 7) is 8.28. The van der Waals surface area contributed by atoms with Crippen LogP contribution in [0.25, 0.3) is 0 Å². The Morgan fingerprint density at radius 3 is 2.33 bits per heavy atom. The molecule has 0 fully saturated rings. The maximum absolute atomic E-state index is 13.9. The predicted molar refractivity (Wildman–Crippen MR) is 95.9 cm³/mol. The molecule has 0 bridgehead atoms. The van der Waals surface area contributed by atoms with E-state index in [2.05, 4.69) is 10.5 Å². The molecule has 27 heavy (non-hydrogen) atoms. The smallest absolute Gasteiger partial charge is 0.248 e. The number of amides is 1. The Morgan fingerprint density at radius 2 is 1.78 bits per heavy atom. The minimum atomic E-state index is -4.44. The van der Waals surface area contributed by atoms with Crippen LogP contribution in [0.4, 0.5) is 14.7 Å². The van der Waals surface area contributed by atoms with Crippen LogP contribution in [-0.4, -0.2) is 24.2 Å². The molecule has 0 spiro atoms. The van der Waals surface area contributed by atoms with Crippen molar-refractivity contribution in [3.8, 4) is 0 Å². The third-order valence-electron chi connectivity index (χ3n) is 3.91. The number of carbonyl (C=O) groups excluding carboxylic acids is 1. The van der Waals surface area contributed by atoms with Crippen molar-refractivity contribution >= 4 is 21.6 Å². The lowest BCUT2D eigenvalue weighted by Gasteiger charge is -2.23. The Morgan fingerprint density at radius 1 is 1.15 bits per heavy atom. The first-order valence-corrected chi connectivity index (χ1v) is 9.69. The molecule has 0 aliphatic rings. The lowest BCUT2D eigenvalue weighted by molar-refractivity contribution is -0.118. The van der Waals surface area contributed by atoms with Gasteiger partial charge in [-0.05, 0) is 37.8 Å². The van der Waals surface area contributed by atoms with Gasteiger partial charge in [-0.1, -0.05) is 25.9 Å². The van der Waals surface area contributed by atoms with Crippen molar-refractivity contribution in [3.05, 3.63) is 41.6 Å². The molecule has 0 radical (unpaired) electrons. The van der Waals surface area contributed by atoms with Crippen LogP contribution >= 0.6 is 0 Å². The Labute approximate surface area is 156 Å². The van der Waals surface area contributed by atoms with Gasteiger partial charge in [-0.25, -0.2) is 17.2 Å². The summed E-state index contributed by atoms with van der Waals surface area (Å²) in [5.74, 6) is -3.11. The summed E-state index contributed by atoms with van der Waals surface area (Å²) in [5, 5.41) is 6.19. The van der Waals surface area contributed by atoms with Gasteiger partial charge in [-0.3, -0.25) is 10.1 Å². The predicted octanol–water partition coefficient (Wildman–Crippen LogP) is 3.73. The van der Waals surface area contributed by atoms with E-state index >= 15 is 0 Å². The molecule has 0 saturated carbocycles. The van der Waals surface area contributed by atoms with Crippen molar-refractivity contribution in [2.45, 2.75) is 50.7 Å². The molecule has 1 aromatic carbocycles. The Kier molecular flexibility index (Phi) is 5.47. The van der Waals surface area contributed by atoms with Gasteiger partial charge in [0.1, 0.15) is 21.3 Å². The fraction of sp³-hybridized carbons (Fsp3) is 0.444. The summed E-state index contributed by atoms with van der Waals surface area (Å²) in [6, 6.07) is 3.57. The van der Waals surface area contributed by atoms with Gasteiger partial charge in [0.15, 0.2) is 9.84 Å². The van der Waals surface area contributed by atoms with Crippen LogP contribution in [0.1, 0.15) is 40.3 Å². The third kappa shape index (κ3) is 4.52. The van der Waals surface area contributed by atoms with Gasteiger partial charge in [-0.15, -0.1) is 0 Å². The quantitative estimate of drug-likeness (QED) is 0.773. The molecule has 2 rings (SSSR count). The number of nitrogens with one attached hydrogen (secondary N) is 1. The van der Waals surface area contributed by atoms with E-state index < -0.39 is 37.0 Å². The number of benzene rings is 1. The summed E-state index contributed by atoms with van der Waals surface area (Å²) in [5.41, 5.74) is 0.545. The molecule has 0 aliphatic carbocycles. The zero-order valence-electron chi connectivity index (χ0n) is 15.8. The van der Waals surface area contributed by atoms with Crippen LogP contribution < -0.4 is 5.32 Å². The number of aromatic nitrogens is 1. The Bertz CT molecular complexity index is 960. The van der Waals surface area contributed by atoms with Crippen molar-refractivity contribution in [2.75, 3.05) is 5.32 Å². The number of nitrogens with zero attached hydrogens (tertiary/aromatic N) is 1. The van der Waals surface area contributed by atoms with Crippen molar-refractivity contribution in [3.63, 3.8) is 0 Å². The molecule has 0 atom stereocenters. The van der Waals surface area contributed by atoms with E-state index in [1.807, 2.05) is 20.8 Å². The summed E-state index contributed by atoms with van der Waals surface area (Å²) in [4.78, 5) is 11.8. The fourth-order valence-corrected chi connectivity index (χ4v) is 3.76. The van der Waals surface area contributed by atoms with Gasteiger partial charge < -0.3 is 4.52 Å². The number of carbonyl (C=O) groups is 1. The molecule has 2 aromatic rings. The molecule has 1 aromatic heterocycles. The molecule has 9 heteroatoms. The average molecular weight is 400 g/mol. The summed E-state index contributed by atoms with van der Waals surface area (Å²) < 4.78 is 55.5. The van der Waals surface area contributed by atoms with Gasteiger partial charge in [0.2, 0.25) is 11.8 Å². The first-order valence-electron chi connectivity index (χ1n) is 8.21. The Balaban J connectivity index is 2.26. The first kappa shape index (κ1) is 21.0. The molecule has 1 amide bonds. The zero-order valence-corrected chi connectivity index (χ0v) is 16.6. The number of hydrogen-bond acceptors (Lipinski definition) is 5. The van der Waals surface area contributed by atoms with Gasteiger partial charge in [-0.2, -0.15) is 0 Å². The van der Waals surface area contributed by atoms with Crippen LogP contribution in [0.3, 0.4) is 0 Å². The largest absolute Gasteiger partial charge is 0.338 e. The molecule has 6 nitrogen and oxygen atoms in total. The lowest BCUT2D eigenvalue weighted by atomic mass is 9.91. The third-order valence-corrected chi connectivity index (χ3v) is 6.35. The van der Waals surface area contributed by atoms with E-state index in [1.165, 1.54) is 6.07 Å². The Hall–Kier alpha value is -2.29. The van der Waals surface area contributed by atoms with Gasteiger partial charge in [0.05, 0.1) is 5.69 Å². The molecule has 1 N–H and O–H groups in total. The fourth-order valence-electron chi connectivity index (χ4n) is 2.35. The summed E-state index contributed by atoms with van der Waals surface area (Å²) in [6.07, 6.45) is 0.592. The highest BCUT2D eigenvalue weighted by Gasteiger charge is 2.44. The van der Waals surface area contributed by atoms with E-state index in [9.17, 15) is 22.0 Å². The topological polar surface area (TPSA) is 89.3 Å². The standard InChI is InChI=1S/C18H22F2N2O4S/c1-17(2,3)10-12-9-15(26-22-12)21-16(23)18(4,5)27(24,25)14-7-6-11(19)8-13(14)20/h6-9H,10H2,1-5H3,(H,21,23).